The van der Waals surface area contributed by atoms with Gasteiger partial charge in [0.2, 0.25) is 0 Å². The Kier molecular flexibility index (Phi) is 3.38. The van der Waals surface area contributed by atoms with Gasteiger partial charge < -0.3 is 9.55 Å². The number of hydrogen-bond donors (Lipinski definition) is 1. The summed E-state index contributed by atoms with van der Waals surface area (Å²) in [5, 5.41) is 1.18. The van der Waals surface area contributed by atoms with Crippen molar-refractivity contribution in [2.75, 3.05) is 0 Å². The fraction of sp³-hybridized carbons (Fsp3) is 0.364. The Hall–Kier alpha value is -2.66. The first kappa shape index (κ1) is 15.4. The fourth-order valence-corrected chi connectivity index (χ4v) is 5.33. The van der Waals surface area contributed by atoms with Gasteiger partial charge in [-0.1, -0.05) is 30.3 Å². The molecule has 5 heteroatoms. The van der Waals surface area contributed by atoms with Gasteiger partial charge in [0.25, 0.3) is 0 Å². The number of benzene rings is 1. The number of pyridine rings is 1. The van der Waals surface area contributed by atoms with Crippen molar-refractivity contribution in [1.82, 2.24) is 24.4 Å². The van der Waals surface area contributed by atoms with E-state index in [1.807, 2.05) is 18.7 Å². The van der Waals surface area contributed by atoms with Crippen molar-refractivity contribution in [1.29, 1.82) is 0 Å². The molecule has 5 nitrogen and oxygen atoms in total. The molecule has 136 valence electrons. The van der Waals surface area contributed by atoms with Crippen LogP contribution < -0.4 is 0 Å². The van der Waals surface area contributed by atoms with E-state index < -0.39 is 0 Å². The zero-order valence-corrected chi connectivity index (χ0v) is 15.3. The van der Waals surface area contributed by atoms with Crippen molar-refractivity contribution in [2.24, 2.45) is 0 Å². The Morgan fingerprint density at radius 1 is 0.963 bits per heavy atom. The van der Waals surface area contributed by atoms with Gasteiger partial charge in [-0.15, -0.1) is 0 Å². The molecule has 0 amide bonds. The first-order chi connectivity index (χ1) is 13.4. The van der Waals surface area contributed by atoms with E-state index in [4.69, 9.17) is 0 Å². The Bertz CT molecular complexity index is 1080. The molecule has 0 aliphatic carbocycles. The van der Waals surface area contributed by atoms with Crippen molar-refractivity contribution in [3.8, 4) is 0 Å². The van der Waals surface area contributed by atoms with E-state index in [-0.39, 0.29) is 0 Å². The van der Waals surface area contributed by atoms with Crippen LogP contribution in [0.1, 0.15) is 37.3 Å². The molecule has 4 aromatic rings. The number of imidazole rings is 1. The van der Waals surface area contributed by atoms with E-state index in [0.717, 1.165) is 17.7 Å². The van der Waals surface area contributed by atoms with Crippen molar-refractivity contribution >= 4 is 22.1 Å². The Morgan fingerprint density at radius 3 is 2.59 bits per heavy atom. The van der Waals surface area contributed by atoms with E-state index in [1.54, 1.807) is 0 Å². The minimum absolute atomic E-state index is 0.528. The number of nitrogens with one attached hydrogen (secondary N) is 1. The highest BCUT2D eigenvalue weighted by atomic mass is 15.2. The topological polar surface area (TPSA) is 49.7 Å². The number of fused-ring (bicyclic) bond motifs is 5. The smallest absolute Gasteiger partial charge is 0.139 e. The van der Waals surface area contributed by atoms with Crippen LogP contribution in [0.4, 0.5) is 0 Å². The van der Waals surface area contributed by atoms with Gasteiger partial charge in [0.1, 0.15) is 11.2 Å². The maximum atomic E-state index is 4.65. The van der Waals surface area contributed by atoms with E-state index in [0.29, 0.717) is 18.1 Å². The van der Waals surface area contributed by atoms with Crippen LogP contribution in [0.3, 0.4) is 0 Å². The molecule has 2 aliphatic heterocycles. The molecular weight excluding hydrogens is 334 g/mol. The summed E-state index contributed by atoms with van der Waals surface area (Å²) >= 11 is 0. The molecule has 1 N–H and O–H groups in total. The highest BCUT2D eigenvalue weighted by Gasteiger charge is 2.41. The lowest BCUT2D eigenvalue weighted by atomic mass is 9.96. The largest absolute Gasteiger partial charge is 0.346 e. The average Bonchev–Trinajstić information content (AvgIpc) is 3.38. The lowest BCUT2D eigenvalue weighted by Crippen LogP contribution is -2.42. The normalized spacial score (nSPS) is 25.6. The van der Waals surface area contributed by atoms with Crippen LogP contribution in [0.5, 0.6) is 0 Å². The predicted molar refractivity (Wildman–Crippen MR) is 106 cm³/mol. The van der Waals surface area contributed by atoms with Gasteiger partial charge >= 0.3 is 0 Å². The van der Waals surface area contributed by atoms with Gasteiger partial charge in [-0.2, -0.15) is 0 Å². The molecule has 6 rings (SSSR count). The third-order valence-electron chi connectivity index (χ3n) is 6.58. The molecule has 5 heterocycles. The van der Waals surface area contributed by atoms with E-state index >= 15 is 0 Å². The Morgan fingerprint density at radius 2 is 1.78 bits per heavy atom. The third kappa shape index (κ3) is 2.42. The number of aromatic amines is 1. The van der Waals surface area contributed by atoms with E-state index in [9.17, 15) is 0 Å². The molecule has 0 unspecified atom stereocenters. The van der Waals surface area contributed by atoms with Crippen LogP contribution >= 0.6 is 0 Å². The molecular formula is C22H23N5. The molecule has 2 aliphatic rings. The van der Waals surface area contributed by atoms with Crippen molar-refractivity contribution in [3.63, 3.8) is 0 Å². The first-order valence-electron chi connectivity index (χ1n) is 9.95. The van der Waals surface area contributed by atoms with Crippen molar-refractivity contribution in [3.05, 3.63) is 60.7 Å². The van der Waals surface area contributed by atoms with Crippen LogP contribution in [0.15, 0.2) is 55.1 Å². The minimum Gasteiger partial charge on any atom is -0.346 e. The van der Waals surface area contributed by atoms with Crippen LogP contribution in [0.2, 0.25) is 0 Å². The van der Waals surface area contributed by atoms with E-state index in [2.05, 4.69) is 60.8 Å². The number of nitrogens with zero attached hydrogens (tertiary/aromatic N) is 4. The highest BCUT2D eigenvalue weighted by molar-refractivity contribution is 6.00. The average molecular weight is 357 g/mol. The molecule has 2 saturated heterocycles. The number of H-pyrrole nitrogens is 1. The second-order valence-electron chi connectivity index (χ2n) is 8.05. The van der Waals surface area contributed by atoms with Crippen LogP contribution in [-0.4, -0.2) is 36.5 Å². The van der Waals surface area contributed by atoms with Crippen molar-refractivity contribution < 1.29 is 0 Å². The Labute approximate surface area is 158 Å². The van der Waals surface area contributed by atoms with Gasteiger partial charge in [-0.3, -0.25) is 4.90 Å². The summed E-state index contributed by atoms with van der Waals surface area (Å²) in [5.74, 6) is 0. The lowest BCUT2D eigenvalue weighted by Gasteiger charge is -2.39. The summed E-state index contributed by atoms with van der Waals surface area (Å²) < 4.78 is 2.43. The molecule has 2 fully saturated rings. The van der Waals surface area contributed by atoms with Gasteiger partial charge in [-0.05, 0) is 37.3 Å². The minimum atomic E-state index is 0.528. The van der Waals surface area contributed by atoms with E-state index in [1.165, 1.54) is 42.1 Å². The monoisotopic (exact) mass is 357 g/mol. The summed E-state index contributed by atoms with van der Waals surface area (Å²) in [4.78, 5) is 15.1. The quantitative estimate of drug-likeness (QED) is 0.595. The van der Waals surface area contributed by atoms with Crippen molar-refractivity contribution in [2.45, 2.75) is 50.4 Å². The second kappa shape index (κ2) is 5.92. The highest BCUT2D eigenvalue weighted by Crippen LogP contribution is 2.42. The van der Waals surface area contributed by atoms with Crippen LogP contribution in [-0.2, 0) is 6.54 Å². The molecule has 3 aromatic heterocycles. The molecule has 0 spiro atoms. The molecule has 0 radical (unpaired) electrons. The standard InChI is InChI=1S/C22H23N5/c1-2-4-15(5-3-1)13-26-16-6-7-17(26)11-18(10-16)27-14-25-20-12-24-22-19(21(20)27)8-9-23-22/h1-5,8-9,12,14,16-18H,6-7,10-11,13H2,(H,23,24)/t16-,17+,18-. The SMILES string of the molecule is c1ccc(CN2[C@@H]3CC[C@H]2C[C@H](n2cnc4cnc5[nH]ccc5c42)C3)cc1. The maximum Gasteiger partial charge on any atom is 0.139 e. The maximum absolute atomic E-state index is 4.65. The van der Waals surface area contributed by atoms with Gasteiger partial charge in [0.05, 0.1) is 18.0 Å². The number of hydrogen-bond acceptors (Lipinski definition) is 3. The zero-order valence-electron chi connectivity index (χ0n) is 15.3. The summed E-state index contributed by atoms with van der Waals surface area (Å²) in [6.45, 7) is 1.08. The van der Waals surface area contributed by atoms with Gasteiger partial charge in [-0.25, -0.2) is 9.97 Å². The Balaban J connectivity index is 1.33. The summed E-state index contributed by atoms with van der Waals surface area (Å²) in [7, 11) is 0. The first-order valence-corrected chi connectivity index (χ1v) is 9.95. The summed E-state index contributed by atoms with van der Waals surface area (Å²) in [5.41, 5.74) is 4.62. The number of rotatable bonds is 3. The van der Waals surface area contributed by atoms with Gasteiger partial charge in [0, 0.05) is 36.3 Å². The molecule has 27 heavy (non-hydrogen) atoms. The van der Waals surface area contributed by atoms with Crippen LogP contribution in [0, 0.1) is 0 Å². The molecule has 3 atom stereocenters. The lowest BCUT2D eigenvalue weighted by molar-refractivity contribution is 0.101. The van der Waals surface area contributed by atoms with Gasteiger partial charge in [0.15, 0.2) is 0 Å². The number of aromatic nitrogens is 4. The zero-order chi connectivity index (χ0) is 17.8. The molecule has 0 saturated carbocycles. The molecule has 1 aromatic carbocycles. The summed E-state index contributed by atoms with van der Waals surface area (Å²) in [6.07, 6.45) is 11.0. The van der Waals surface area contributed by atoms with Crippen LogP contribution in [0.25, 0.3) is 22.1 Å². The summed E-state index contributed by atoms with van der Waals surface area (Å²) in [6, 6.07) is 14.9. The second-order valence-corrected chi connectivity index (χ2v) is 8.05. The number of piperidine rings is 1. The predicted octanol–water partition coefficient (Wildman–Crippen LogP) is 4.28. The fourth-order valence-electron chi connectivity index (χ4n) is 5.33. The molecule has 2 bridgehead atoms. The third-order valence-corrected chi connectivity index (χ3v) is 6.58.